The molecule has 0 aliphatic carbocycles. The predicted octanol–water partition coefficient (Wildman–Crippen LogP) is 0.466. The van der Waals surface area contributed by atoms with E-state index in [4.69, 9.17) is 4.74 Å². The van der Waals surface area contributed by atoms with Crippen LogP contribution in [0.4, 0.5) is 5.69 Å². The van der Waals surface area contributed by atoms with Crippen molar-refractivity contribution in [1.82, 2.24) is 0 Å². The highest BCUT2D eigenvalue weighted by molar-refractivity contribution is 7.92. The number of aliphatic hydroxyl groups is 1. The van der Waals surface area contributed by atoms with Crippen molar-refractivity contribution in [1.29, 1.82) is 0 Å². The van der Waals surface area contributed by atoms with Crippen molar-refractivity contribution >= 4 is 15.7 Å². The monoisotopic (exact) mass is 391 g/mol. The third-order valence-corrected chi connectivity index (χ3v) is 6.56. The molecule has 1 aliphatic heterocycles. The molecule has 2 aromatic rings. The second kappa shape index (κ2) is 8.84. The summed E-state index contributed by atoms with van der Waals surface area (Å²) >= 11 is 0. The van der Waals surface area contributed by atoms with E-state index in [0.717, 1.165) is 18.7 Å². The predicted molar refractivity (Wildman–Crippen MR) is 105 cm³/mol. The van der Waals surface area contributed by atoms with E-state index in [2.05, 4.69) is 0 Å². The first-order valence-corrected chi connectivity index (χ1v) is 10.6. The molecule has 2 N–H and O–H groups in total. The summed E-state index contributed by atoms with van der Waals surface area (Å²) in [7, 11) is -3.76. The number of benzene rings is 2. The Morgan fingerprint density at radius 3 is 2.33 bits per heavy atom. The number of morpholine rings is 1. The van der Waals surface area contributed by atoms with E-state index in [1.807, 2.05) is 19.1 Å². The van der Waals surface area contributed by atoms with Crippen molar-refractivity contribution in [2.45, 2.75) is 17.9 Å². The summed E-state index contributed by atoms with van der Waals surface area (Å²) in [6, 6.07) is 15.7. The molecule has 2 aromatic carbocycles. The number of aliphatic hydroxyl groups excluding tert-OH is 1. The lowest BCUT2D eigenvalue weighted by Crippen LogP contribution is -3.15. The van der Waals surface area contributed by atoms with Gasteiger partial charge in [-0.25, -0.2) is 8.42 Å². The van der Waals surface area contributed by atoms with Crippen LogP contribution >= 0.6 is 0 Å². The molecule has 1 aliphatic rings. The molecule has 1 atom stereocenters. The van der Waals surface area contributed by atoms with E-state index in [1.54, 1.807) is 42.5 Å². The highest BCUT2D eigenvalue weighted by atomic mass is 32.2. The molecule has 0 spiro atoms. The molecule has 0 aromatic heterocycles. The maximum absolute atomic E-state index is 13.2. The fourth-order valence-corrected chi connectivity index (χ4v) is 4.75. The molecule has 7 heteroatoms. The number of sulfonamides is 1. The van der Waals surface area contributed by atoms with E-state index in [1.165, 1.54) is 9.21 Å². The van der Waals surface area contributed by atoms with Crippen LogP contribution in [0.25, 0.3) is 0 Å². The summed E-state index contributed by atoms with van der Waals surface area (Å²) in [5.41, 5.74) is 1.61. The van der Waals surface area contributed by atoms with Crippen molar-refractivity contribution in [2.75, 3.05) is 43.7 Å². The third kappa shape index (κ3) is 5.07. The Hall–Kier alpha value is -1.93. The number of anilines is 1. The zero-order valence-corrected chi connectivity index (χ0v) is 16.4. The van der Waals surface area contributed by atoms with Gasteiger partial charge in [-0.3, -0.25) is 4.31 Å². The van der Waals surface area contributed by atoms with Gasteiger partial charge in [-0.2, -0.15) is 0 Å². The van der Waals surface area contributed by atoms with E-state index >= 15 is 0 Å². The fourth-order valence-electron chi connectivity index (χ4n) is 3.23. The summed E-state index contributed by atoms with van der Waals surface area (Å²) < 4.78 is 33.1. The topological polar surface area (TPSA) is 71.3 Å². The minimum Gasteiger partial charge on any atom is -0.385 e. The van der Waals surface area contributed by atoms with Gasteiger partial charge in [0.1, 0.15) is 25.7 Å². The number of rotatable bonds is 7. The minimum atomic E-state index is -3.76. The molecule has 1 heterocycles. The molecule has 146 valence electrons. The van der Waals surface area contributed by atoms with Gasteiger partial charge in [0.25, 0.3) is 10.0 Å². The molecule has 1 saturated heterocycles. The smallest absolute Gasteiger partial charge is 0.264 e. The quantitative estimate of drug-likeness (QED) is 0.720. The van der Waals surface area contributed by atoms with Crippen molar-refractivity contribution < 1.29 is 23.2 Å². The highest BCUT2D eigenvalue weighted by Crippen LogP contribution is 2.24. The standard InChI is InChI=1S/C20H26N2O4S/c1-17-7-9-18(10-8-17)22(27(24,25)20-5-3-2-4-6-20)16-19(23)15-21-11-13-26-14-12-21/h2-10,19,23H,11-16H2,1H3/p+1/t19-/m1/s1. The molecular formula is C20H27N2O4S+. The van der Waals surface area contributed by atoms with Crippen LogP contribution in [0.5, 0.6) is 0 Å². The number of ether oxygens (including phenoxy) is 1. The number of nitrogens with one attached hydrogen (secondary N) is 1. The molecule has 0 amide bonds. The van der Waals surface area contributed by atoms with Gasteiger partial charge >= 0.3 is 0 Å². The van der Waals surface area contributed by atoms with E-state index < -0.39 is 16.1 Å². The SMILES string of the molecule is Cc1ccc(N(C[C@H](O)C[NH+]2CCOCC2)S(=O)(=O)c2ccccc2)cc1. The largest absolute Gasteiger partial charge is 0.385 e. The number of nitrogens with zero attached hydrogens (tertiary/aromatic N) is 1. The molecule has 1 fully saturated rings. The Bertz CT molecular complexity index is 819. The molecule has 3 rings (SSSR count). The molecule has 27 heavy (non-hydrogen) atoms. The fraction of sp³-hybridized carbons (Fsp3) is 0.400. The summed E-state index contributed by atoms with van der Waals surface area (Å²) in [4.78, 5) is 1.45. The van der Waals surface area contributed by atoms with Crippen molar-refractivity contribution in [3.63, 3.8) is 0 Å². The zero-order valence-electron chi connectivity index (χ0n) is 15.5. The van der Waals surface area contributed by atoms with Crippen molar-refractivity contribution in [2.24, 2.45) is 0 Å². The van der Waals surface area contributed by atoms with Crippen LogP contribution in [-0.2, 0) is 14.8 Å². The summed E-state index contributed by atoms with van der Waals surface area (Å²) in [5.74, 6) is 0. The molecular weight excluding hydrogens is 364 g/mol. The molecule has 0 bridgehead atoms. The normalized spacial score (nSPS) is 16.8. The second-order valence-corrected chi connectivity index (χ2v) is 8.77. The summed E-state index contributed by atoms with van der Waals surface area (Å²) in [6.45, 7) is 5.47. The van der Waals surface area contributed by atoms with Gasteiger partial charge in [0.15, 0.2) is 0 Å². The molecule has 0 saturated carbocycles. The van der Waals surface area contributed by atoms with E-state index in [-0.39, 0.29) is 11.4 Å². The molecule has 0 radical (unpaired) electrons. The van der Waals surface area contributed by atoms with Gasteiger partial charge in [0.2, 0.25) is 0 Å². The average molecular weight is 392 g/mol. The Labute approximate surface area is 161 Å². The minimum absolute atomic E-state index is 0.0185. The van der Waals surface area contributed by atoms with Crippen molar-refractivity contribution in [3.8, 4) is 0 Å². The van der Waals surface area contributed by atoms with E-state index in [0.29, 0.717) is 25.4 Å². The van der Waals surface area contributed by atoms with Gasteiger partial charge in [-0.15, -0.1) is 0 Å². The Balaban J connectivity index is 1.84. The van der Waals surface area contributed by atoms with Crippen LogP contribution in [0.2, 0.25) is 0 Å². The lowest BCUT2D eigenvalue weighted by molar-refractivity contribution is -0.910. The van der Waals surface area contributed by atoms with Crippen LogP contribution in [-0.4, -0.2) is 59.0 Å². The van der Waals surface area contributed by atoms with Crippen LogP contribution in [0, 0.1) is 6.92 Å². The second-order valence-electron chi connectivity index (χ2n) is 6.91. The van der Waals surface area contributed by atoms with E-state index in [9.17, 15) is 13.5 Å². The number of aryl methyl sites for hydroxylation is 1. The van der Waals surface area contributed by atoms with Gasteiger partial charge in [0.05, 0.1) is 30.3 Å². The first kappa shape index (κ1) is 19.8. The lowest BCUT2D eigenvalue weighted by atomic mass is 10.2. The van der Waals surface area contributed by atoms with Gasteiger partial charge in [-0.05, 0) is 31.2 Å². The summed E-state index contributed by atoms with van der Waals surface area (Å²) in [6.07, 6.45) is -0.766. The van der Waals surface area contributed by atoms with Gasteiger partial charge < -0.3 is 14.7 Å². The van der Waals surface area contributed by atoms with Gasteiger partial charge in [0, 0.05) is 0 Å². The van der Waals surface area contributed by atoms with Crippen LogP contribution in [0.3, 0.4) is 0 Å². The average Bonchev–Trinajstić information content (AvgIpc) is 2.68. The highest BCUT2D eigenvalue weighted by Gasteiger charge is 2.29. The maximum atomic E-state index is 13.2. The molecule has 0 unspecified atom stereocenters. The number of hydrogen-bond acceptors (Lipinski definition) is 4. The lowest BCUT2D eigenvalue weighted by Gasteiger charge is -2.30. The van der Waals surface area contributed by atoms with Crippen LogP contribution < -0.4 is 9.21 Å². The van der Waals surface area contributed by atoms with Crippen molar-refractivity contribution in [3.05, 3.63) is 60.2 Å². The molecule has 6 nitrogen and oxygen atoms in total. The third-order valence-electron chi connectivity index (χ3n) is 4.75. The first-order chi connectivity index (χ1) is 13.0. The van der Waals surface area contributed by atoms with Crippen LogP contribution in [0.15, 0.2) is 59.5 Å². The van der Waals surface area contributed by atoms with Crippen LogP contribution in [0.1, 0.15) is 5.56 Å². The Kier molecular flexibility index (Phi) is 6.49. The Morgan fingerprint density at radius 2 is 1.70 bits per heavy atom. The first-order valence-electron chi connectivity index (χ1n) is 9.20. The Morgan fingerprint density at radius 1 is 1.07 bits per heavy atom. The number of hydrogen-bond donors (Lipinski definition) is 2. The van der Waals surface area contributed by atoms with Gasteiger partial charge in [-0.1, -0.05) is 35.9 Å². The maximum Gasteiger partial charge on any atom is 0.264 e. The number of quaternary nitrogens is 1. The zero-order chi connectivity index (χ0) is 19.3. The summed E-state index contributed by atoms with van der Waals surface area (Å²) in [5, 5.41) is 10.6.